The van der Waals surface area contributed by atoms with E-state index >= 15 is 0 Å². The second-order valence-electron chi connectivity index (χ2n) is 7.48. The fraction of sp³-hybridized carbons (Fsp3) is 0.409. The van der Waals surface area contributed by atoms with Crippen molar-refractivity contribution in [2.24, 2.45) is 15.9 Å². The van der Waals surface area contributed by atoms with E-state index in [0.717, 1.165) is 42.0 Å². The summed E-state index contributed by atoms with van der Waals surface area (Å²) in [5.41, 5.74) is 2.80. The van der Waals surface area contributed by atoms with Gasteiger partial charge in [-0.2, -0.15) is 0 Å². The standard InChI is InChI=1S/C22H25N3OS/c1-16-2-4-17(5-3-16)14-18-8-10-25(11-9-18)12-13-26-19-6-7-20-21(15-19)24-22(27)23-20/h2-7,15,18H,8-14H2,1H3. The van der Waals surface area contributed by atoms with Gasteiger partial charge in [0, 0.05) is 12.6 Å². The zero-order valence-corrected chi connectivity index (χ0v) is 16.5. The first-order valence-electron chi connectivity index (χ1n) is 9.68. The van der Waals surface area contributed by atoms with Crippen molar-refractivity contribution in [3.63, 3.8) is 0 Å². The molecule has 0 saturated carbocycles. The smallest absolute Gasteiger partial charge is 0.220 e. The molecule has 2 heterocycles. The van der Waals surface area contributed by atoms with Crippen LogP contribution in [0, 0.1) is 12.8 Å². The maximum Gasteiger partial charge on any atom is 0.220 e. The summed E-state index contributed by atoms with van der Waals surface area (Å²) in [6.07, 6.45) is 3.74. The van der Waals surface area contributed by atoms with Crippen molar-refractivity contribution in [2.45, 2.75) is 26.2 Å². The molecule has 0 atom stereocenters. The third kappa shape index (κ3) is 4.79. The lowest BCUT2D eigenvalue weighted by Crippen LogP contribution is -2.37. The van der Waals surface area contributed by atoms with Crippen LogP contribution in [0.5, 0.6) is 5.75 Å². The van der Waals surface area contributed by atoms with Crippen LogP contribution in [0.25, 0.3) is 0 Å². The summed E-state index contributed by atoms with van der Waals surface area (Å²) in [6.45, 7) is 6.13. The Morgan fingerprint density at radius 3 is 2.56 bits per heavy atom. The van der Waals surface area contributed by atoms with Crippen molar-refractivity contribution in [2.75, 3.05) is 26.2 Å². The number of benzene rings is 2. The van der Waals surface area contributed by atoms with Crippen LogP contribution in [0.3, 0.4) is 0 Å². The van der Waals surface area contributed by atoms with Crippen LogP contribution in [-0.2, 0) is 6.42 Å². The van der Waals surface area contributed by atoms with Gasteiger partial charge in [0.25, 0.3) is 0 Å². The average Bonchev–Trinajstić information content (AvgIpc) is 3.04. The van der Waals surface area contributed by atoms with Crippen molar-refractivity contribution in [1.82, 2.24) is 4.90 Å². The first-order valence-corrected chi connectivity index (χ1v) is 10.1. The number of hydrogen-bond acceptors (Lipinski definition) is 3. The van der Waals surface area contributed by atoms with Gasteiger partial charge in [0.05, 0.1) is 10.7 Å². The van der Waals surface area contributed by atoms with E-state index in [1.165, 1.54) is 30.4 Å². The van der Waals surface area contributed by atoms with Gasteiger partial charge in [0.15, 0.2) is 0 Å². The summed E-state index contributed by atoms with van der Waals surface area (Å²) in [5, 5.41) is 2.05. The van der Waals surface area contributed by atoms with Gasteiger partial charge in [0.2, 0.25) is 5.11 Å². The minimum atomic E-state index is 0.399. The third-order valence-corrected chi connectivity index (χ3v) is 5.59. The predicted molar refractivity (Wildman–Crippen MR) is 111 cm³/mol. The number of nitrogens with zero attached hydrogens (tertiary/aromatic N) is 3. The molecule has 2 aromatic rings. The first kappa shape index (κ1) is 18.3. The molecule has 1 fully saturated rings. The second kappa shape index (κ2) is 8.28. The Kier molecular flexibility index (Phi) is 5.60. The van der Waals surface area contributed by atoms with Gasteiger partial charge in [0.1, 0.15) is 12.4 Å². The number of aryl methyl sites for hydroxylation is 1. The topological polar surface area (TPSA) is 37.2 Å². The molecule has 0 bridgehead atoms. The van der Waals surface area contributed by atoms with Crippen LogP contribution in [-0.4, -0.2) is 36.3 Å². The largest absolute Gasteiger partial charge is 0.492 e. The second-order valence-corrected chi connectivity index (χ2v) is 7.85. The Balaban J connectivity index is 1.21. The minimum Gasteiger partial charge on any atom is -0.492 e. The van der Waals surface area contributed by atoms with Crippen LogP contribution >= 0.6 is 12.2 Å². The van der Waals surface area contributed by atoms with Crippen LogP contribution in [0.15, 0.2) is 52.4 Å². The molecule has 4 rings (SSSR count). The molecule has 27 heavy (non-hydrogen) atoms. The molecule has 2 aliphatic heterocycles. The summed E-state index contributed by atoms with van der Waals surface area (Å²) in [4.78, 5) is 10.9. The van der Waals surface area contributed by atoms with Crippen LogP contribution in [0.2, 0.25) is 0 Å². The number of piperidine rings is 1. The Bertz CT molecular complexity index is 931. The number of rotatable bonds is 6. The average molecular weight is 380 g/mol. The number of hydrogen-bond donors (Lipinski definition) is 0. The van der Waals surface area contributed by atoms with E-state index in [4.69, 9.17) is 17.0 Å². The first-order chi connectivity index (χ1) is 13.2. The van der Waals surface area contributed by atoms with Gasteiger partial charge in [-0.25, -0.2) is 9.98 Å². The van der Waals surface area contributed by atoms with Crippen molar-refractivity contribution in [1.29, 1.82) is 0 Å². The molecule has 1 saturated heterocycles. The number of likely N-dealkylation sites (tertiary alicyclic amines) is 1. The Hall–Kier alpha value is -2.11. The van der Waals surface area contributed by atoms with Crippen LogP contribution in [0.1, 0.15) is 24.0 Å². The van der Waals surface area contributed by atoms with E-state index in [0.29, 0.717) is 11.7 Å². The quantitative estimate of drug-likeness (QED) is 0.725. The fourth-order valence-corrected chi connectivity index (χ4v) is 3.97. The molecule has 5 heteroatoms. The summed E-state index contributed by atoms with van der Waals surface area (Å²) in [5.74, 6) is 1.64. The van der Waals surface area contributed by atoms with Crippen molar-refractivity contribution in [3.05, 3.63) is 64.3 Å². The number of ether oxygens (including phenoxy) is 1. The van der Waals surface area contributed by atoms with Crippen molar-refractivity contribution < 1.29 is 4.74 Å². The molecule has 0 aliphatic carbocycles. The molecule has 0 radical (unpaired) electrons. The molecule has 0 unspecified atom stereocenters. The Labute approximate surface area is 165 Å². The highest BCUT2D eigenvalue weighted by molar-refractivity contribution is 7.80. The van der Waals surface area contributed by atoms with Gasteiger partial charge in [-0.1, -0.05) is 29.8 Å². The molecule has 0 spiro atoms. The van der Waals surface area contributed by atoms with Crippen LogP contribution < -0.4 is 15.5 Å². The van der Waals surface area contributed by atoms with Crippen LogP contribution in [0.4, 0.5) is 0 Å². The number of thiocarbonyl (C=S) groups is 1. The van der Waals surface area contributed by atoms with E-state index in [-0.39, 0.29) is 0 Å². The molecule has 0 N–H and O–H groups in total. The zero-order chi connectivity index (χ0) is 18.6. The van der Waals surface area contributed by atoms with Crippen molar-refractivity contribution in [3.8, 4) is 5.75 Å². The summed E-state index contributed by atoms with van der Waals surface area (Å²) < 4.78 is 5.92. The molecule has 0 amide bonds. The lowest BCUT2D eigenvalue weighted by molar-refractivity contribution is 0.155. The van der Waals surface area contributed by atoms with Crippen molar-refractivity contribution >= 4 is 17.3 Å². The summed E-state index contributed by atoms with van der Waals surface area (Å²) in [6, 6.07) is 14.8. The molecule has 2 aliphatic rings. The maximum atomic E-state index is 5.92. The fourth-order valence-electron chi connectivity index (χ4n) is 3.77. The highest BCUT2D eigenvalue weighted by atomic mass is 32.1. The highest BCUT2D eigenvalue weighted by Gasteiger charge is 2.19. The lowest BCUT2D eigenvalue weighted by Gasteiger charge is -2.31. The Morgan fingerprint density at radius 2 is 1.78 bits per heavy atom. The van der Waals surface area contributed by atoms with E-state index < -0.39 is 0 Å². The molecular weight excluding hydrogens is 354 g/mol. The van der Waals surface area contributed by atoms with Gasteiger partial charge in [-0.15, -0.1) is 0 Å². The number of fused-ring (bicyclic) bond motifs is 1. The monoisotopic (exact) mass is 379 g/mol. The predicted octanol–water partition coefficient (Wildman–Crippen LogP) is 2.87. The van der Waals surface area contributed by atoms with E-state index in [1.807, 2.05) is 18.2 Å². The summed E-state index contributed by atoms with van der Waals surface area (Å²) in [7, 11) is 0. The van der Waals surface area contributed by atoms with E-state index in [1.54, 1.807) is 0 Å². The zero-order valence-electron chi connectivity index (χ0n) is 15.7. The highest BCUT2D eigenvalue weighted by Crippen LogP contribution is 2.21. The lowest BCUT2D eigenvalue weighted by atomic mass is 9.90. The maximum absolute atomic E-state index is 5.92. The van der Waals surface area contributed by atoms with E-state index in [9.17, 15) is 0 Å². The Morgan fingerprint density at radius 1 is 1.04 bits per heavy atom. The normalized spacial score (nSPS) is 17.3. The molecule has 4 nitrogen and oxygen atoms in total. The molecule has 2 aromatic carbocycles. The van der Waals surface area contributed by atoms with E-state index in [2.05, 4.69) is 46.1 Å². The minimum absolute atomic E-state index is 0.399. The van der Waals surface area contributed by atoms with Gasteiger partial charge >= 0.3 is 0 Å². The summed E-state index contributed by atoms with van der Waals surface area (Å²) >= 11 is 5.02. The van der Waals surface area contributed by atoms with Gasteiger partial charge in [-0.3, -0.25) is 4.90 Å². The molecule has 140 valence electrons. The van der Waals surface area contributed by atoms with Gasteiger partial charge in [-0.05, 0) is 75.1 Å². The molecule has 0 aromatic heterocycles. The molecular formula is C22H25N3OS. The SMILES string of the molecule is Cc1ccc(CC2CCN(CCOc3ccc4c(c3)=NC(=S)N=4)CC2)cc1. The van der Waals surface area contributed by atoms with Gasteiger partial charge < -0.3 is 4.74 Å². The third-order valence-electron chi connectivity index (χ3n) is 5.41.